The van der Waals surface area contributed by atoms with Crippen molar-refractivity contribution in [3.05, 3.63) is 41.4 Å². The molecular weight excluding hydrogens is 516 g/mol. The number of hydrogen-bond donors (Lipinski definition) is 2. The molecule has 1 saturated carbocycles. The minimum Gasteiger partial charge on any atom is -0.359 e. The molecule has 1 aliphatic carbocycles. The lowest BCUT2D eigenvalue weighted by atomic mass is 9.74. The standard InChI is InChI=1S/C30H39ClN4O4/c31-20-9-8-12-22(19-20)33-27(36)24-23-13-14-30(39-23)25(24)29(38)35(18-17-34-15-6-1-2-7-16-34)26(30)28(37)32-21-10-4-3-5-11-21/h8-9,12-14,19,21,23-26H,1-7,10-11,15-18H2,(H,32,37)(H,33,36). The topological polar surface area (TPSA) is 91.0 Å². The van der Waals surface area contributed by atoms with Gasteiger partial charge in [-0.05, 0) is 57.0 Å². The number of ether oxygens (including phenoxy) is 1. The van der Waals surface area contributed by atoms with Gasteiger partial charge in [0.25, 0.3) is 0 Å². The van der Waals surface area contributed by atoms with Gasteiger partial charge in [0.05, 0.1) is 17.9 Å². The fourth-order valence-electron chi connectivity index (χ4n) is 7.44. The lowest BCUT2D eigenvalue weighted by Crippen LogP contribution is -2.57. The number of likely N-dealkylation sites (tertiary alicyclic amines) is 2. The Kier molecular flexibility index (Phi) is 7.71. The van der Waals surface area contributed by atoms with Crippen LogP contribution >= 0.6 is 11.6 Å². The second-order valence-electron chi connectivity index (χ2n) is 11.8. The lowest BCUT2D eigenvalue weighted by Gasteiger charge is -2.35. The number of nitrogens with one attached hydrogen (secondary N) is 2. The third-order valence-corrected chi connectivity index (χ3v) is 9.56. The molecule has 3 saturated heterocycles. The maximum Gasteiger partial charge on any atom is 0.246 e. The van der Waals surface area contributed by atoms with E-state index >= 15 is 0 Å². The zero-order chi connectivity index (χ0) is 27.0. The average Bonchev–Trinajstić information content (AvgIpc) is 3.47. The molecule has 39 heavy (non-hydrogen) atoms. The number of carbonyl (C=O) groups is 3. The van der Waals surface area contributed by atoms with Crippen LogP contribution in [-0.4, -0.2) is 77.5 Å². The smallest absolute Gasteiger partial charge is 0.246 e. The van der Waals surface area contributed by atoms with Crippen molar-refractivity contribution in [2.24, 2.45) is 11.8 Å². The molecule has 4 aliphatic heterocycles. The number of carbonyl (C=O) groups excluding carboxylic acids is 3. The van der Waals surface area contributed by atoms with Gasteiger partial charge in [-0.3, -0.25) is 14.4 Å². The molecule has 8 nitrogen and oxygen atoms in total. The van der Waals surface area contributed by atoms with Crippen LogP contribution in [0.4, 0.5) is 5.69 Å². The highest BCUT2D eigenvalue weighted by Crippen LogP contribution is 2.55. The Hall–Kier alpha value is -2.42. The van der Waals surface area contributed by atoms with Gasteiger partial charge in [-0.2, -0.15) is 0 Å². The Morgan fingerprint density at radius 2 is 1.74 bits per heavy atom. The van der Waals surface area contributed by atoms with Gasteiger partial charge in [-0.1, -0.05) is 61.9 Å². The lowest BCUT2D eigenvalue weighted by molar-refractivity contribution is -0.141. The fraction of sp³-hybridized carbons (Fsp3) is 0.633. The number of benzene rings is 1. The molecule has 5 atom stereocenters. The maximum absolute atomic E-state index is 14.2. The Balaban J connectivity index is 1.26. The van der Waals surface area contributed by atoms with Crippen molar-refractivity contribution in [1.82, 2.24) is 15.1 Å². The predicted molar refractivity (Wildman–Crippen MR) is 149 cm³/mol. The first-order chi connectivity index (χ1) is 19.0. The number of fused-ring (bicyclic) bond motifs is 1. The summed E-state index contributed by atoms with van der Waals surface area (Å²) in [5.74, 6) is -2.05. The van der Waals surface area contributed by atoms with E-state index in [1.54, 1.807) is 29.2 Å². The van der Waals surface area contributed by atoms with Gasteiger partial charge < -0.3 is 25.2 Å². The average molecular weight is 555 g/mol. The molecule has 9 heteroatoms. The van der Waals surface area contributed by atoms with E-state index in [1.165, 1.54) is 19.3 Å². The quantitative estimate of drug-likeness (QED) is 0.501. The van der Waals surface area contributed by atoms with E-state index in [0.717, 1.165) is 51.6 Å². The summed E-state index contributed by atoms with van der Waals surface area (Å²) in [4.78, 5) is 45.8. The summed E-state index contributed by atoms with van der Waals surface area (Å²) >= 11 is 6.13. The van der Waals surface area contributed by atoms with Gasteiger partial charge in [-0.15, -0.1) is 0 Å². The van der Waals surface area contributed by atoms with Crippen LogP contribution in [0.2, 0.25) is 5.02 Å². The third-order valence-electron chi connectivity index (χ3n) is 9.32. The summed E-state index contributed by atoms with van der Waals surface area (Å²) in [6.07, 6.45) is 13.3. The second-order valence-corrected chi connectivity index (χ2v) is 12.3. The molecule has 4 heterocycles. The summed E-state index contributed by atoms with van der Waals surface area (Å²) in [7, 11) is 0. The van der Waals surface area contributed by atoms with Crippen LogP contribution in [0.3, 0.4) is 0 Å². The van der Waals surface area contributed by atoms with Crippen LogP contribution < -0.4 is 10.6 Å². The SMILES string of the molecule is O=C(Nc1cccc(Cl)c1)C1C2C=CC3(O2)C1C(=O)N(CCN1CCCCCC1)C3C(=O)NC1CCCCC1. The fourth-order valence-corrected chi connectivity index (χ4v) is 7.63. The molecule has 2 N–H and O–H groups in total. The normalized spacial score (nSPS) is 32.7. The molecule has 2 bridgehead atoms. The van der Waals surface area contributed by atoms with E-state index in [-0.39, 0.29) is 23.8 Å². The van der Waals surface area contributed by atoms with Crippen molar-refractivity contribution in [3.8, 4) is 0 Å². The van der Waals surface area contributed by atoms with Gasteiger partial charge in [0.2, 0.25) is 17.7 Å². The molecule has 3 amide bonds. The van der Waals surface area contributed by atoms with Gasteiger partial charge >= 0.3 is 0 Å². The maximum atomic E-state index is 14.2. The molecule has 5 aliphatic rings. The molecule has 6 rings (SSSR count). The van der Waals surface area contributed by atoms with Crippen molar-refractivity contribution in [2.45, 2.75) is 81.6 Å². The summed E-state index contributed by atoms with van der Waals surface area (Å²) < 4.78 is 6.48. The molecule has 0 aromatic heterocycles. The van der Waals surface area contributed by atoms with Gasteiger partial charge in [0.15, 0.2) is 0 Å². The minimum absolute atomic E-state index is 0.119. The van der Waals surface area contributed by atoms with Crippen LogP contribution in [0.25, 0.3) is 0 Å². The van der Waals surface area contributed by atoms with Crippen LogP contribution in [0.1, 0.15) is 57.8 Å². The van der Waals surface area contributed by atoms with Crippen LogP contribution in [0, 0.1) is 11.8 Å². The van der Waals surface area contributed by atoms with E-state index in [1.807, 2.05) is 12.2 Å². The van der Waals surface area contributed by atoms with Crippen molar-refractivity contribution in [1.29, 1.82) is 0 Å². The zero-order valence-electron chi connectivity index (χ0n) is 22.4. The molecule has 1 aromatic rings. The molecule has 210 valence electrons. The van der Waals surface area contributed by atoms with Crippen molar-refractivity contribution < 1.29 is 19.1 Å². The number of hydrogen-bond acceptors (Lipinski definition) is 5. The molecule has 0 radical (unpaired) electrons. The highest BCUT2D eigenvalue weighted by atomic mass is 35.5. The number of halogens is 1. The monoisotopic (exact) mass is 554 g/mol. The molecule has 1 aromatic carbocycles. The molecule has 4 fully saturated rings. The zero-order valence-corrected chi connectivity index (χ0v) is 23.2. The Morgan fingerprint density at radius 1 is 1.00 bits per heavy atom. The van der Waals surface area contributed by atoms with Gasteiger partial charge in [0.1, 0.15) is 11.6 Å². The number of anilines is 1. The van der Waals surface area contributed by atoms with E-state index in [0.29, 0.717) is 23.8 Å². The third kappa shape index (κ3) is 5.11. The Bertz CT molecular complexity index is 1130. The summed E-state index contributed by atoms with van der Waals surface area (Å²) in [5.41, 5.74) is -0.557. The highest BCUT2D eigenvalue weighted by Gasteiger charge is 2.72. The van der Waals surface area contributed by atoms with Crippen molar-refractivity contribution >= 4 is 35.0 Å². The molecule has 1 spiro atoms. The van der Waals surface area contributed by atoms with Gasteiger partial charge in [-0.25, -0.2) is 0 Å². The van der Waals surface area contributed by atoms with Gasteiger partial charge in [0, 0.05) is 29.8 Å². The van der Waals surface area contributed by atoms with Crippen LogP contribution in [0.5, 0.6) is 0 Å². The molecular formula is C30H39ClN4O4. The van der Waals surface area contributed by atoms with Crippen LogP contribution in [-0.2, 0) is 19.1 Å². The first kappa shape index (κ1) is 26.8. The van der Waals surface area contributed by atoms with E-state index in [9.17, 15) is 14.4 Å². The summed E-state index contributed by atoms with van der Waals surface area (Å²) in [5, 5.41) is 6.72. The highest BCUT2D eigenvalue weighted by molar-refractivity contribution is 6.30. The van der Waals surface area contributed by atoms with E-state index in [2.05, 4.69) is 15.5 Å². The first-order valence-electron chi connectivity index (χ1n) is 14.7. The molecule has 5 unspecified atom stereocenters. The summed E-state index contributed by atoms with van der Waals surface area (Å²) in [6, 6.07) is 6.31. The first-order valence-corrected chi connectivity index (χ1v) is 15.1. The predicted octanol–water partition coefficient (Wildman–Crippen LogP) is 3.75. The number of amides is 3. The van der Waals surface area contributed by atoms with Crippen LogP contribution in [0.15, 0.2) is 36.4 Å². The van der Waals surface area contributed by atoms with Crippen molar-refractivity contribution in [2.75, 3.05) is 31.5 Å². The minimum atomic E-state index is -1.13. The number of nitrogens with zero attached hydrogens (tertiary/aromatic N) is 2. The van der Waals surface area contributed by atoms with Crippen molar-refractivity contribution in [3.63, 3.8) is 0 Å². The van der Waals surface area contributed by atoms with E-state index in [4.69, 9.17) is 16.3 Å². The summed E-state index contributed by atoms with van der Waals surface area (Å²) in [6.45, 7) is 3.19. The Morgan fingerprint density at radius 3 is 2.49 bits per heavy atom. The van der Waals surface area contributed by atoms with E-state index < -0.39 is 29.6 Å². The Labute approximate surface area is 235 Å². The second kappa shape index (κ2) is 11.2. The largest absolute Gasteiger partial charge is 0.359 e. The number of rotatable bonds is 7.